The van der Waals surface area contributed by atoms with Gasteiger partial charge < -0.3 is 14.8 Å². The van der Waals surface area contributed by atoms with Crippen LogP contribution in [0.2, 0.25) is 0 Å². The van der Waals surface area contributed by atoms with Gasteiger partial charge in [0, 0.05) is 23.5 Å². The first-order valence-corrected chi connectivity index (χ1v) is 11.2. The van der Waals surface area contributed by atoms with Crippen LogP contribution in [0.5, 0.6) is 11.5 Å². The highest BCUT2D eigenvalue weighted by molar-refractivity contribution is 7.91. The minimum Gasteiger partial charge on any atom is -0.493 e. The Kier molecular flexibility index (Phi) is 6.26. The zero-order chi connectivity index (χ0) is 20.3. The highest BCUT2D eigenvalue weighted by Gasteiger charge is 2.39. The third kappa shape index (κ3) is 4.01. The fourth-order valence-electron chi connectivity index (χ4n) is 3.35. The molecule has 7 nitrogen and oxygen atoms in total. The summed E-state index contributed by atoms with van der Waals surface area (Å²) in [6.45, 7) is 2.43. The molecule has 1 fully saturated rings. The topological polar surface area (TPSA) is 84.9 Å². The molecule has 0 aliphatic carbocycles. The molecular formula is C19H24N2O5S2. The lowest BCUT2D eigenvalue weighted by Crippen LogP contribution is -2.45. The molecule has 1 aliphatic rings. The van der Waals surface area contributed by atoms with Crippen molar-refractivity contribution in [3.63, 3.8) is 0 Å². The molecule has 1 aliphatic heterocycles. The van der Waals surface area contributed by atoms with E-state index < -0.39 is 16.1 Å². The second-order valence-electron chi connectivity index (χ2n) is 6.51. The summed E-state index contributed by atoms with van der Waals surface area (Å²) >= 11 is 1.22. The number of nitrogens with zero attached hydrogens (tertiary/aromatic N) is 1. The van der Waals surface area contributed by atoms with E-state index in [1.165, 1.54) is 22.8 Å². The van der Waals surface area contributed by atoms with Gasteiger partial charge in [-0.25, -0.2) is 8.42 Å². The Labute approximate surface area is 169 Å². The summed E-state index contributed by atoms with van der Waals surface area (Å²) < 4.78 is 38.1. The minimum absolute atomic E-state index is 0.224. The third-order valence-corrected chi connectivity index (χ3v) is 8.10. The fourth-order valence-corrected chi connectivity index (χ4v) is 6.42. The van der Waals surface area contributed by atoms with Crippen molar-refractivity contribution in [2.45, 2.75) is 36.6 Å². The van der Waals surface area contributed by atoms with Crippen molar-refractivity contribution in [3.05, 3.63) is 40.8 Å². The van der Waals surface area contributed by atoms with Gasteiger partial charge in [0.25, 0.3) is 10.0 Å². The number of sulfonamides is 1. The quantitative estimate of drug-likeness (QED) is 0.738. The molecule has 0 radical (unpaired) electrons. The highest BCUT2D eigenvalue weighted by Crippen LogP contribution is 2.32. The predicted octanol–water partition coefficient (Wildman–Crippen LogP) is 2.54. The Hall–Kier alpha value is -2.10. The van der Waals surface area contributed by atoms with Gasteiger partial charge in [-0.2, -0.15) is 4.31 Å². The lowest BCUT2D eigenvalue weighted by atomic mass is 10.1. The van der Waals surface area contributed by atoms with E-state index in [9.17, 15) is 13.2 Å². The Morgan fingerprint density at radius 1 is 1.25 bits per heavy atom. The first-order chi connectivity index (χ1) is 13.4. The van der Waals surface area contributed by atoms with Crippen LogP contribution >= 0.6 is 11.3 Å². The van der Waals surface area contributed by atoms with E-state index >= 15 is 0 Å². The van der Waals surface area contributed by atoms with Crippen LogP contribution in [0.4, 0.5) is 0 Å². The molecule has 0 spiro atoms. The molecule has 1 aromatic heterocycles. The van der Waals surface area contributed by atoms with Gasteiger partial charge in [0.2, 0.25) is 5.91 Å². The number of nitrogens with one attached hydrogen (secondary N) is 1. The van der Waals surface area contributed by atoms with Gasteiger partial charge in [-0.3, -0.25) is 4.79 Å². The van der Waals surface area contributed by atoms with Gasteiger partial charge in [0.05, 0.1) is 14.2 Å². The number of carbonyl (C=O) groups excluding carboxylic acids is 1. The van der Waals surface area contributed by atoms with E-state index in [0.717, 1.165) is 10.4 Å². The smallest absolute Gasteiger partial charge is 0.253 e. The second-order valence-corrected chi connectivity index (χ2v) is 9.91. The van der Waals surface area contributed by atoms with Crippen molar-refractivity contribution in [3.8, 4) is 11.5 Å². The summed E-state index contributed by atoms with van der Waals surface area (Å²) in [5.41, 5.74) is 0.761. The number of ether oxygens (including phenoxy) is 2. The normalized spacial score (nSPS) is 17.5. The van der Waals surface area contributed by atoms with Crippen molar-refractivity contribution in [2.75, 3.05) is 20.8 Å². The van der Waals surface area contributed by atoms with Gasteiger partial charge in [0.15, 0.2) is 11.5 Å². The van der Waals surface area contributed by atoms with Gasteiger partial charge in [-0.05, 0) is 38.0 Å². The van der Waals surface area contributed by atoms with E-state index in [0.29, 0.717) is 30.9 Å². The molecule has 1 N–H and O–H groups in total. The molecule has 3 rings (SSSR count). The number of hydrogen-bond donors (Lipinski definition) is 1. The van der Waals surface area contributed by atoms with E-state index in [1.54, 1.807) is 25.3 Å². The van der Waals surface area contributed by atoms with E-state index in [-0.39, 0.29) is 16.7 Å². The SMILES string of the molecule is COc1cccc(CNC(=O)C2CCCN2S(=O)(=O)c2ccc(C)s2)c1OC. The van der Waals surface area contributed by atoms with Gasteiger partial charge >= 0.3 is 0 Å². The molecule has 1 saturated heterocycles. The van der Waals surface area contributed by atoms with Crippen LogP contribution in [0.25, 0.3) is 0 Å². The summed E-state index contributed by atoms with van der Waals surface area (Å²) in [5.74, 6) is 0.821. The molecule has 1 atom stereocenters. The number of methoxy groups -OCH3 is 2. The lowest BCUT2D eigenvalue weighted by molar-refractivity contribution is -0.124. The highest BCUT2D eigenvalue weighted by atomic mass is 32.2. The molecule has 2 heterocycles. The summed E-state index contributed by atoms with van der Waals surface area (Å²) in [6.07, 6.45) is 1.16. The average molecular weight is 425 g/mol. The summed E-state index contributed by atoms with van der Waals surface area (Å²) in [5, 5.41) is 2.85. The lowest BCUT2D eigenvalue weighted by Gasteiger charge is -2.23. The minimum atomic E-state index is -3.67. The van der Waals surface area contributed by atoms with Gasteiger partial charge in [-0.15, -0.1) is 11.3 Å². The first-order valence-electron chi connectivity index (χ1n) is 8.94. The second kappa shape index (κ2) is 8.50. The van der Waals surface area contributed by atoms with Crippen molar-refractivity contribution >= 4 is 27.3 Å². The molecule has 1 unspecified atom stereocenters. The van der Waals surface area contributed by atoms with Crippen molar-refractivity contribution in [1.29, 1.82) is 0 Å². The molecule has 9 heteroatoms. The number of aryl methyl sites for hydroxylation is 1. The maximum Gasteiger partial charge on any atom is 0.253 e. The zero-order valence-corrected chi connectivity index (χ0v) is 17.7. The Bertz CT molecular complexity index is 955. The molecule has 2 aromatic rings. The monoisotopic (exact) mass is 424 g/mol. The van der Waals surface area contributed by atoms with E-state index in [4.69, 9.17) is 9.47 Å². The Balaban J connectivity index is 1.74. The van der Waals surface area contributed by atoms with Crippen LogP contribution in [-0.2, 0) is 21.4 Å². The molecule has 0 saturated carbocycles. The van der Waals surface area contributed by atoms with Crippen molar-refractivity contribution in [2.24, 2.45) is 0 Å². The Morgan fingerprint density at radius 2 is 2.04 bits per heavy atom. The van der Waals surface area contributed by atoms with Crippen LogP contribution in [0.1, 0.15) is 23.3 Å². The number of hydrogen-bond acceptors (Lipinski definition) is 6. The molecule has 1 amide bonds. The van der Waals surface area contributed by atoms with Crippen LogP contribution in [0, 0.1) is 6.92 Å². The molecular weight excluding hydrogens is 400 g/mol. The van der Waals surface area contributed by atoms with Gasteiger partial charge in [-0.1, -0.05) is 12.1 Å². The number of para-hydroxylation sites is 1. The van der Waals surface area contributed by atoms with Crippen molar-refractivity contribution < 1.29 is 22.7 Å². The maximum absolute atomic E-state index is 12.9. The third-order valence-electron chi connectivity index (χ3n) is 4.72. The first kappa shape index (κ1) is 20.6. The number of benzene rings is 1. The summed E-state index contributed by atoms with van der Waals surface area (Å²) in [7, 11) is -0.584. The molecule has 152 valence electrons. The number of carbonyl (C=O) groups is 1. The maximum atomic E-state index is 12.9. The number of rotatable bonds is 7. The van der Waals surface area contributed by atoms with Crippen molar-refractivity contribution in [1.82, 2.24) is 9.62 Å². The molecule has 28 heavy (non-hydrogen) atoms. The fraction of sp³-hybridized carbons (Fsp3) is 0.421. The molecule has 1 aromatic carbocycles. The number of thiophene rings is 1. The largest absolute Gasteiger partial charge is 0.493 e. The average Bonchev–Trinajstić information content (AvgIpc) is 3.35. The van der Waals surface area contributed by atoms with E-state index in [2.05, 4.69) is 5.32 Å². The van der Waals surface area contributed by atoms with E-state index in [1.807, 2.05) is 19.1 Å². The van der Waals surface area contributed by atoms with Crippen LogP contribution < -0.4 is 14.8 Å². The van der Waals surface area contributed by atoms with Crippen LogP contribution in [-0.4, -0.2) is 45.4 Å². The molecule has 0 bridgehead atoms. The Morgan fingerprint density at radius 3 is 2.68 bits per heavy atom. The summed E-state index contributed by atoms with van der Waals surface area (Å²) in [4.78, 5) is 13.7. The van der Waals surface area contributed by atoms with Crippen LogP contribution in [0.3, 0.4) is 0 Å². The predicted molar refractivity (Wildman–Crippen MR) is 107 cm³/mol. The standard InChI is InChI=1S/C19H24N2O5S2/c1-13-9-10-17(27-13)28(23,24)21-11-5-7-15(21)19(22)20-12-14-6-4-8-16(25-2)18(14)26-3/h4,6,8-10,15H,5,7,11-12H2,1-3H3,(H,20,22). The van der Waals surface area contributed by atoms with Crippen LogP contribution in [0.15, 0.2) is 34.5 Å². The zero-order valence-electron chi connectivity index (χ0n) is 16.1. The van der Waals surface area contributed by atoms with Gasteiger partial charge in [0.1, 0.15) is 10.3 Å². The summed E-state index contributed by atoms with van der Waals surface area (Å²) in [6, 6.07) is 8.09. The number of amides is 1.